The molecule has 2 heteroatoms. The highest BCUT2D eigenvalue weighted by molar-refractivity contribution is 6.11. The Balaban J connectivity index is 0.849. The topological polar surface area (TPSA) is 8.17 Å². The van der Waals surface area contributed by atoms with Gasteiger partial charge >= 0.3 is 0 Å². The van der Waals surface area contributed by atoms with Crippen LogP contribution in [-0.4, -0.2) is 4.57 Å². The monoisotopic (exact) mass is 956 g/mol. The fraction of sp³-hybridized carbons (Fsp3) is 0.0411. The molecule has 354 valence electrons. The van der Waals surface area contributed by atoms with Gasteiger partial charge in [-0.15, -0.1) is 0 Å². The third kappa shape index (κ3) is 7.65. The van der Waals surface area contributed by atoms with Gasteiger partial charge < -0.3 is 9.47 Å². The molecule has 13 aromatic rings. The van der Waals surface area contributed by atoms with E-state index < -0.39 is 0 Å². The van der Waals surface area contributed by atoms with Crippen molar-refractivity contribution in [2.24, 2.45) is 0 Å². The van der Waals surface area contributed by atoms with Gasteiger partial charge in [0.1, 0.15) is 0 Å². The summed E-state index contributed by atoms with van der Waals surface area (Å²) in [6.07, 6.45) is 0. The summed E-state index contributed by atoms with van der Waals surface area (Å²) in [6.45, 7) is 4.71. The van der Waals surface area contributed by atoms with E-state index in [-0.39, 0.29) is 5.41 Å². The first kappa shape index (κ1) is 44.2. The van der Waals surface area contributed by atoms with Crippen molar-refractivity contribution in [2.45, 2.75) is 19.3 Å². The third-order valence-electron chi connectivity index (χ3n) is 15.8. The van der Waals surface area contributed by atoms with Crippen molar-refractivity contribution in [1.82, 2.24) is 4.57 Å². The Morgan fingerprint density at radius 2 is 0.827 bits per heavy atom. The van der Waals surface area contributed by atoms with Crippen molar-refractivity contribution >= 4 is 49.6 Å². The van der Waals surface area contributed by atoms with E-state index in [1.54, 1.807) is 0 Å². The van der Waals surface area contributed by atoms with E-state index in [0.717, 1.165) is 22.7 Å². The van der Waals surface area contributed by atoms with Crippen LogP contribution < -0.4 is 4.90 Å². The minimum Gasteiger partial charge on any atom is -0.310 e. The SMILES string of the molecule is CC1(C)c2ccccc2-c2ccc(N(c3ccccc3)c3ccccc3-c3ccc(-c4ccc5c(c4)c4ccccc4n5-c4cc(-c5ccc(-c6ccccc6)cc5)cc(-c5ccc6ccccc6c5)c4)cc3)cc21. The summed E-state index contributed by atoms with van der Waals surface area (Å²) in [6, 6.07) is 103. The summed E-state index contributed by atoms with van der Waals surface area (Å²) in [5.41, 5.74) is 24.0. The lowest BCUT2D eigenvalue weighted by molar-refractivity contribution is 0.660. The van der Waals surface area contributed by atoms with Gasteiger partial charge in [0.2, 0.25) is 0 Å². The number of anilines is 3. The van der Waals surface area contributed by atoms with E-state index in [1.807, 2.05) is 0 Å². The quantitative estimate of drug-likeness (QED) is 0.140. The van der Waals surface area contributed by atoms with Crippen molar-refractivity contribution in [3.8, 4) is 72.4 Å². The number of hydrogen-bond donors (Lipinski definition) is 0. The Morgan fingerprint density at radius 1 is 0.293 bits per heavy atom. The molecule has 2 nitrogen and oxygen atoms in total. The second kappa shape index (κ2) is 17.9. The molecule has 12 aromatic carbocycles. The summed E-state index contributed by atoms with van der Waals surface area (Å²) < 4.78 is 2.46. The normalized spacial score (nSPS) is 12.5. The molecule has 1 aromatic heterocycles. The molecule has 1 aliphatic carbocycles. The van der Waals surface area contributed by atoms with Crippen LogP contribution in [-0.2, 0) is 5.41 Å². The number of hydrogen-bond acceptors (Lipinski definition) is 1. The summed E-state index contributed by atoms with van der Waals surface area (Å²) >= 11 is 0. The summed E-state index contributed by atoms with van der Waals surface area (Å²) in [5.74, 6) is 0. The van der Waals surface area contributed by atoms with Crippen molar-refractivity contribution in [3.05, 3.63) is 290 Å². The number of nitrogens with zero attached hydrogens (tertiary/aromatic N) is 2. The first-order valence-electron chi connectivity index (χ1n) is 26.1. The van der Waals surface area contributed by atoms with Gasteiger partial charge in [-0.1, -0.05) is 220 Å². The van der Waals surface area contributed by atoms with Crippen LogP contribution in [0.2, 0.25) is 0 Å². The number of rotatable bonds is 9. The van der Waals surface area contributed by atoms with Crippen LogP contribution in [0.4, 0.5) is 17.1 Å². The molecule has 14 rings (SSSR count). The zero-order chi connectivity index (χ0) is 50.0. The fourth-order valence-corrected chi connectivity index (χ4v) is 11.9. The molecule has 0 bridgehead atoms. The van der Waals surface area contributed by atoms with Crippen molar-refractivity contribution in [1.29, 1.82) is 0 Å². The minimum atomic E-state index is -0.110. The van der Waals surface area contributed by atoms with E-state index in [4.69, 9.17) is 0 Å². The molecule has 1 aliphatic rings. The molecule has 0 spiro atoms. The molecule has 0 amide bonds. The summed E-state index contributed by atoms with van der Waals surface area (Å²) in [4.78, 5) is 2.42. The predicted molar refractivity (Wildman–Crippen MR) is 318 cm³/mol. The number of aromatic nitrogens is 1. The average Bonchev–Trinajstić information content (AvgIpc) is 3.94. The Bertz CT molecular complexity index is 4300. The van der Waals surface area contributed by atoms with Crippen molar-refractivity contribution in [3.63, 3.8) is 0 Å². The Labute approximate surface area is 438 Å². The van der Waals surface area contributed by atoms with Gasteiger partial charge in [0.15, 0.2) is 0 Å². The summed E-state index contributed by atoms with van der Waals surface area (Å²) in [7, 11) is 0. The van der Waals surface area contributed by atoms with Crippen molar-refractivity contribution in [2.75, 3.05) is 4.90 Å². The maximum absolute atomic E-state index is 2.46. The molecule has 0 fully saturated rings. The van der Waals surface area contributed by atoms with Gasteiger partial charge in [0.25, 0.3) is 0 Å². The van der Waals surface area contributed by atoms with Crippen LogP contribution in [0.25, 0.3) is 105 Å². The molecule has 1 heterocycles. The summed E-state index contributed by atoms with van der Waals surface area (Å²) in [5, 5.41) is 4.92. The third-order valence-corrected chi connectivity index (χ3v) is 15.8. The lowest BCUT2D eigenvalue weighted by Crippen LogP contribution is -2.16. The first-order chi connectivity index (χ1) is 36.9. The highest BCUT2D eigenvalue weighted by Crippen LogP contribution is 2.51. The van der Waals surface area contributed by atoms with E-state index in [2.05, 4.69) is 302 Å². The van der Waals surface area contributed by atoms with Crippen LogP contribution in [0, 0.1) is 0 Å². The van der Waals surface area contributed by atoms with Crippen LogP contribution in [0.3, 0.4) is 0 Å². The molecule has 0 aliphatic heterocycles. The predicted octanol–water partition coefficient (Wildman–Crippen LogP) is 20.0. The molecular formula is C73H52N2. The molecule has 0 N–H and O–H groups in total. The van der Waals surface area contributed by atoms with Crippen LogP contribution >= 0.6 is 0 Å². The zero-order valence-corrected chi connectivity index (χ0v) is 42.0. The van der Waals surface area contributed by atoms with Gasteiger partial charge in [-0.2, -0.15) is 0 Å². The maximum Gasteiger partial charge on any atom is 0.0541 e. The van der Waals surface area contributed by atoms with Gasteiger partial charge in [-0.05, 0) is 156 Å². The molecule has 0 unspecified atom stereocenters. The molecule has 75 heavy (non-hydrogen) atoms. The van der Waals surface area contributed by atoms with Crippen LogP contribution in [0.5, 0.6) is 0 Å². The maximum atomic E-state index is 2.46. The van der Waals surface area contributed by atoms with E-state index in [1.165, 1.54) is 110 Å². The highest BCUT2D eigenvalue weighted by atomic mass is 15.1. The van der Waals surface area contributed by atoms with E-state index in [0.29, 0.717) is 0 Å². The van der Waals surface area contributed by atoms with Gasteiger partial charge in [-0.3, -0.25) is 0 Å². The van der Waals surface area contributed by atoms with Crippen LogP contribution in [0.15, 0.2) is 279 Å². The Kier molecular flexibility index (Phi) is 10.6. The second-order valence-corrected chi connectivity index (χ2v) is 20.5. The fourth-order valence-electron chi connectivity index (χ4n) is 11.9. The zero-order valence-electron chi connectivity index (χ0n) is 42.0. The minimum absolute atomic E-state index is 0.110. The van der Waals surface area contributed by atoms with E-state index in [9.17, 15) is 0 Å². The first-order valence-corrected chi connectivity index (χ1v) is 26.1. The Hall–Kier alpha value is -9.50. The smallest absolute Gasteiger partial charge is 0.0541 e. The van der Waals surface area contributed by atoms with Gasteiger partial charge in [0.05, 0.1) is 16.7 Å². The molecular weight excluding hydrogens is 905 g/mol. The highest BCUT2D eigenvalue weighted by Gasteiger charge is 2.36. The number of benzene rings is 12. The lowest BCUT2D eigenvalue weighted by atomic mass is 9.82. The van der Waals surface area contributed by atoms with E-state index >= 15 is 0 Å². The Morgan fingerprint density at radius 3 is 1.61 bits per heavy atom. The number of fused-ring (bicyclic) bond motifs is 7. The standard InChI is InChI=1S/C73H52N2/c1-73(2)68-26-14-11-24-64(68)65-41-40-61(48-69(65)73)74(60-21-7-4-8-22-60)70-27-15-12-23-63(70)54-36-33-52(34-37-54)57-39-42-72-67(47-57)66-25-13-16-28-71(66)75(72)62-45-58(53-31-29-51(30-32-53)49-17-5-3-6-18-49)44-59(46-62)56-38-35-50-19-9-10-20-55(50)43-56/h3-48H,1-2H3. The average molecular weight is 957 g/mol. The molecule has 0 radical (unpaired) electrons. The van der Waals surface area contributed by atoms with Crippen LogP contribution in [0.1, 0.15) is 25.0 Å². The molecule has 0 saturated heterocycles. The second-order valence-electron chi connectivity index (χ2n) is 20.5. The van der Waals surface area contributed by atoms with Gasteiger partial charge in [0, 0.05) is 38.8 Å². The van der Waals surface area contributed by atoms with Gasteiger partial charge in [-0.25, -0.2) is 0 Å². The number of para-hydroxylation sites is 3. The lowest BCUT2D eigenvalue weighted by Gasteiger charge is -2.29. The molecule has 0 saturated carbocycles. The molecule has 0 atom stereocenters. The van der Waals surface area contributed by atoms with Crippen molar-refractivity contribution < 1.29 is 0 Å². The largest absolute Gasteiger partial charge is 0.310 e.